The highest BCUT2D eigenvalue weighted by molar-refractivity contribution is 5.78. The molecule has 4 heterocycles. The minimum absolute atomic E-state index is 0.0427. The minimum Gasteiger partial charge on any atom is -0.493 e. The van der Waals surface area contributed by atoms with Crippen LogP contribution in [0.15, 0.2) is 65.3 Å². The molecule has 0 radical (unpaired) electrons. The molecular weight excluding hydrogens is 664 g/mol. The van der Waals surface area contributed by atoms with Gasteiger partial charge >= 0.3 is 5.97 Å². The van der Waals surface area contributed by atoms with E-state index in [-0.39, 0.29) is 30.8 Å². The molecule has 6 rings (SSSR count). The summed E-state index contributed by atoms with van der Waals surface area (Å²) in [7, 11) is 3.26. The van der Waals surface area contributed by atoms with Crippen LogP contribution in [0.3, 0.4) is 0 Å². The Kier molecular flexibility index (Phi) is 12.0. The Morgan fingerprint density at radius 1 is 1.04 bits per heavy atom. The molecule has 0 saturated carbocycles. The lowest BCUT2D eigenvalue weighted by atomic mass is 9.71. The van der Waals surface area contributed by atoms with Gasteiger partial charge in [-0.25, -0.2) is 0 Å². The van der Waals surface area contributed by atoms with Crippen LogP contribution < -0.4 is 9.47 Å². The van der Waals surface area contributed by atoms with Crippen molar-refractivity contribution in [1.82, 2.24) is 0 Å². The maximum Gasteiger partial charge on any atom is 0.316 e. The van der Waals surface area contributed by atoms with Crippen molar-refractivity contribution in [3.8, 4) is 11.5 Å². The zero-order valence-corrected chi connectivity index (χ0v) is 31.8. The summed E-state index contributed by atoms with van der Waals surface area (Å²) >= 11 is 0. The number of benzene rings is 1. The molecule has 2 bridgehead atoms. The van der Waals surface area contributed by atoms with Gasteiger partial charge < -0.3 is 43.4 Å². The van der Waals surface area contributed by atoms with Gasteiger partial charge in [0.05, 0.1) is 45.7 Å². The number of rotatable bonds is 7. The van der Waals surface area contributed by atoms with E-state index < -0.39 is 41.6 Å². The third-order valence-corrected chi connectivity index (χ3v) is 11.9. The fourth-order valence-electron chi connectivity index (χ4n) is 8.79. The number of carbonyl (C=O) groups is 1. The van der Waals surface area contributed by atoms with E-state index in [4.69, 9.17) is 33.2 Å². The van der Waals surface area contributed by atoms with Crippen molar-refractivity contribution < 1.29 is 48.2 Å². The summed E-state index contributed by atoms with van der Waals surface area (Å²) < 4.78 is 43.5. The van der Waals surface area contributed by atoms with Gasteiger partial charge in [-0.15, -0.1) is 0 Å². The molecule has 3 fully saturated rings. The summed E-state index contributed by atoms with van der Waals surface area (Å²) in [5, 5.41) is 23.4. The lowest BCUT2D eigenvalue weighted by molar-refractivity contribution is -0.335. The van der Waals surface area contributed by atoms with E-state index in [1.807, 2.05) is 36.4 Å². The highest BCUT2D eigenvalue weighted by Gasteiger charge is 2.60. The predicted octanol–water partition coefficient (Wildman–Crippen LogP) is 6.18. The molecule has 10 heteroatoms. The molecule has 3 saturated heterocycles. The Morgan fingerprint density at radius 2 is 1.83 bits per heavy atom. The van der Waals surface area contributed by atoms with E-state index in [0.717, 1.165) is 24.0 Å². The van der Waals surface area contributed by atoms with Gasteiger partial charge in [-0.1, -0.05) is 57.2 Å². The second-order valence-corrected chi connectivity index (χ2v) is 15.5. The van der Waals surface area contributed by atoms with E-state index in [2.05, 4.69) is 33.8 Å². The van der Waals surface area contributed by atoms with E-state index in [9.17, 15) is 15.0 Å². The maximum absolute atomic E-state index is 14.1. The first-order chi connectivity index (χ1) is 24.9. The molecule has 4 aliphatic heterocycles. The summed E-state index contributed by atoms with van der Waals surface area (Å²) in [6, 6.07) is 5.90. The van der Waals surface area contributed by atoms with Crippen LogP contribution in [0.2, 0.25) is 0 Å². The largest absolute Gasteiger partial charge is 0.493 e. The number of ether oxygens (including phenoxy) is 7. The van der Waals surface area contributed by atoms with Crippen LogP contribution in [0.5, 0.6) is 11.5 Å². The van der Waals surface area contributed by atoms with E-state index in [0.29, 0.717) is 67.3 Å². The summed E-state index contributed by atoms with van der Waals surface area (Å²) in [4.78, 5) is 14.1. The smallest absolute Gasteiger partial charge is 0.316 e. The molecule has 0 unspecified atom stereocenters. The van der Waals surface area contributed by atoms with Gasteiger partial charge in [0.2, 0.25) is 0 Å². The summed E-state index contributed by atoms with van der Waals surface area (Å²) in [5.41, 5.74) is 1.48. The first-order valence-corrected chi connectivity index (χ1v) is 19.0. The van der Waals surface area contributed by atoms with Crippen LogP contribution in [-0.2, 0) is 34.9 Å². The van der Waals surface area contributed by atoms with Crippen LogP contribution in [0.25, 0.3) is 0 Å². The number of fused-ring (bicyclic) bond motifs is 2. The summed E-state index contributed by atoms with van der Waals surface area (Å²) in [5.74, 6) is -0.724. The Labute approximate surface area is 308 Å². The number of allylic oxidation sites excluding steroid dienone is 2. The van der Waals surface area contributed by atoms with Gasteiger partial charge in [0.15, 0.2) is 17.3 Å². The molecule has 286 valence electrons. The zero-order valence-electron chi connectivity index (χ0n) is 31.8. The molecule has 1 aliphatic carbocycles. The van der Waals surface area contributed by atoms with Crippen LogP contribution in [-0.4, -0.2) is 91.6 Å². The molecule has 52 heavy (non-hydrogen) atoms. The second kappa shape index (κ2) is 16.2. The standard InChI is InChI=1S/C42H58O10/c1-8-34-25(2)16-18-41(52-34)23-32-22-31(51-41)14-12-27(4)38(48-19-17-29-13-15-35(46-6)36(21-29)47-7)26(3)10-9-11-30-24-49-39-37(43)28(5)20-33(40(44)50-32)42(30,39)45/h9-13,15,20-21,25-26,31-34,37-39,43,45H,8,14,16-19,22-24H2,1-7H3/b10-9+,27-12+,30-11+/t25-,26-,31+,32-,33-,34+,37+,38+,39+,41+,42+/m0/s1. The third-order valence-electron chi connectivity index (χ3n) is 11.9. The Bertz CT molecular complexity index is 1560. The number of methoxy groups -OCH3 is 2. The quantitative estimate of drug-likeness (QED) is 0.249. The number of carbonyl (C=O) groups excluding carboxylic acids is 1. The van der Waals surface area contributed by atoms with Crippen molar-refractivity contribution in [3.05, 3.63) is 70.9 Å². The molecule has 1 aromatic rings. The van der Waals surface area contributed by atoms with Crippen LogP contribution in [0, 0.1) is 17.8 Å². The number of aliphatic hydroxyl groups is 2. The predicted molar refractivity (Wildman–Crippen MR) is 196 cm³/mol. The number of hydrogen-bond acceptors (Lipinski definition) is 10. The Morgan fingerprint density at radius 3 is 2.58 bits per heavy atom. The topological polar surface area (TPSA) is 122 Å². The Balaban J connectivity index is 1.33. The van der Waals surface area contributed by atoms with Gasteiger partial charge in [-0.3, -0.25) is 4.79 Å². The van der Waals surface area contributed by atoms with Gasteiger partial charge in [-0.05, 0) is 79.9 Å². The van der Waals surface area contributed by atoms with Gasteiger partial charge in [0.1, 0.15) is 29.8 Å². The Hall–Kier alpha value is -2.99. The van der Waals surface area contributed by atoms with E-state index >= 15 is 0 Å². The molecule has 0 amide bonds. The van der Waals surface area contributed by atoms with Crippen LogP contribution in [0.1, 0.15) is 78.7 Å². The van der Waals surface area contributed by atoms with Crippen molar-refractivity contribution in [2.24, 2.45) is 17.8 Å². The lowest BCUT2D eigenvalue weighted by Crippen LogP contribution is -2.58. The van der Waals surface area contributed by atoms with Crippen molar-refractivity contribution >= 4 is 5.97 Å². The molecule has 0 aromatic heterocycles. The van der Waals surface area contributed by atoms with Crippen molar-refractivity contribution in [3.63, 3.8) is 0 Å². The molecule has 10 nitrogen and oxygen atoms in total. The first kappa shape index (κ1) is 38.7. The molecular formula is C42H58O10. The second-order valence-electron chi connectivity index (χ2n) is 15.5. The molecule has 1 spiro atoms. The molecule has 11 atom stereocenters. The highest BCUT2D eigenvalue weighted by atomic mass is 16.7. The normalized spacial score (nSPS) is 40.8. The average Bonchev–Trinajstić information content (AvgIpc) is 3.47. The van der Waals surface area contributed by atoms with Crippen molar-refractivity contribution in [2.75, 3.05) is 27.4 Å². The third kappa shape index (κ3) is 7.79. The molecule has 2 N–H and O–H groups in total. The zero-order chi connectivity index (χ0) is 37.2. The lowest BCUT2D eigenvalue weighted by Gasteiger charge is -2.50. The molecule has 1 aromatic carbocycles. The first-order valence-electron chi connectivity index (χ1n) is 19.0. The van der Waals surface area contributed by atoms with Gasteiger partial charge in [0.25, 0.3) is 0 Å². The minimum atomic E-state index is -1.77. The molecule has 5 aliphatic rings. The number of hydrogen-bond donors (Lipinski definition) is 2. The fourth-order valence-corrected chi connectivity index (χ4v) is 8.79. The van der Waals surface area contributed by atoms with Crippen LogP contribution >= 0.6 is 0 Å². The number of aliphatic hydroxyl groups excluding tert-OH is 1. The summed E-state index contributed by atoms with van der Waals surface area (Å²) in [6.45, 7) is 10.9. The van der Waals surface area contributed by atoms with Crippen molar-refractivity contribution in [2.45, 2.75) is 128 Å². The van der Waals surface area contributed by atoms with E-state index in [1.165, 1.54) is 0 Å². The number of esters is 1. The van der Waals surface area contributed by atoms with Crippen LogP contribution in [0.4, 0.5) is 0 Å². The van der Waals surface area contributed by atoms with Crippen molar-refractivity contribution in [1.29, 1.82) is 0 Å². The fraction of sp³-hybridized carbons (Fsp3) is 0.643. The highest BCUT2D eigenvalue weighted by Crippen LogP contribution is 2.47. The SMILES string of the molecule is CC[C@H]1O[C@]2(CC[C@@H]1C)C[C@@H]1C[C@@H](C/C=C(\C)[C@H](OCCc3ccc(OC)c(OC)c3)[C@@H](C)/C=C/C=C3\CO[C@@H]4[C@H](O)C(C)=C[C@@H](C(=O)O1)[C@]34O)O2. The van der Waals surface area contributed by atoms with Gasteiger partial charge in [-0.2, -0.15) is 0 Å². The maximum atomic E-state index is 14.1. The van der Waals surface area contributed by atoms with E-state index in [1.54, 1.807) is 27.2 Å². The summed E-state index contributed by atoms with van der Waals surface area (Å²) in [6.07, 6.45) is 11.3. The van der Waals surface area contributed by atoms with Gasteiger partial charge in [0, 0.05) is 25.2 Å². The monoisotopic (exact) mass is 722 g/mol. The average molecular weight is 723 g/mol.